The molecule has 11 heteroatoms. The van der Waals surface area contributed by atoms with Gasteiger partial charge < -0.3 is 36.2 Å². The molecule has 0 unspecified atom stereocenters. The summed E-state index contributed by atoms with van der Waals surface area (Å²) in [5.74, 6) is -1.27. The van der Waals surface area contributed by atoms with Gasteiger partial charge in [-0.05, 0) is 70.2 Å². The number of carbonyl (C=O) groups excluding carboxylic acids is 3. The molecular weight excluding hydrogens is 542 g/mol. The summed E-state index contributed by atoms with van der Waals surface area (Å²) in [7, 11) is 6.69. The lowest BCUT2D eigenvalue weighted by Crippen LogP contribution is -2.65. The van der Waals surface area contributed by atoms with Gasteiger partial charge in [0.2, 0.25) is 5.78 Å². The molecule has 0 saturated heterocycles. The van der Waals surface area contributed by atoms with Crippen LogP contribution in [0.25, 0.3) is 5.76 Å². The van der Waals surface area contributed by atoms with Crippen molar-refractivity contribution in [2.75, 3.05) is 33.1 Å². The third kappa shape index (κ3) is 4.28. The van der Waals surface area contributed by atoms with Crippen LogP contribution < -0.4 is 10.6 Å². The zero-order valence-corrected chi connectivity index (χ0v) is 24.2. The molecule has 0 bridgehead atoms. The Balaban J connectivity index is 1.71. The topological polar surface area (TPSA) is 185 Å². The Morgan fingerprint density at radius 2 is 1.69 bits per heavy atom. The van der Waals surface area contributed by atoms with Crippen LogP contribution in [-0.2, 0) is 20.8 Å². The third-order valence-electron chi connectivity index (χ3n) is 9.29. The molecule has 1 amide bonds. The summed E-state index contributed by atoms with van der Waals surface area (Å²) in [5, 5.41) is 56.7. The molecule has 0 aromatic heterocycles. The number of nitrogens with two attached hydrogens (primary N) is 1. The van der Waals surface area contributed by atoms with Crippen LogP contribution in [0.3, 0.4) is 0 Å². The summed E-state index contributed by atoms with van der Waals surface area (Å²) in [6, 6.07) is 0.528. The maximum atomic E-state index is 14.1. The predicted molar refractivity (Wildman–Crippen MR) is 153 cm³/mol. The van der Waals surface area contributed by atoms with E-state index in [1.807, 2.05) is 0 Å². The fourth-order valence-electron chi connectivity index (χ4n) is 7.23. The molecule has 0 aliphatic heterocycles. The number of nitrogens with zero attached hydrogens (tertiary/aromatic N) is 2. The molecule has 0 heterocycles. The van der Waals surface area contributed by atoms with E-state index >= 15 is 0 Å². The van der Waals surface area contributed by atoms with Crippen molar-refractivity contribution in [1.82, 2.24) is 4.90 Å². The van der Waals surface area contributed by atoms with E-state index in [1.54, 1.807) is 39.2 Å². The van der Waals surface area contributed by atoms with E-state index in [4.69, 9.17) is 5.73 Å². The number of hydrogen-bond donors (Lipinski definition) is 6. The Bertz CT molecular complexity index is 1520. The van der Waals surface area contributed by atoms with Crippen molar-refractivity contribution >= 4 is 28.9 Å². The molecule has 224 valence electrons. The van der Waals surface area contributed by atoms with Crippen LogP contribution in [0.15, 0.2) is 23.0 Å². The second kappa shape index (κ2) is 10.2. The molecule has 0 radical (unpaired) electrons. The molecule has 4 aliphatic carbocycles. The molecule has 2 saturated carbocycles. The van der Waals surface area contributed by atoms with E-state index in [0.717, 1.165) is 19.3 Å². The number of aliphatic hydroxyl groups is 4. The van der Waals surface area contributed by atoms with Crippen LogP contribution in [0.4, 0.5) is 5.69 Å². The van der Waals surface area contributed by atoms with Gasteiger partial charge in [0.25, 0.3) is 5.91 Å². The van der Waals surface area contributed by atoms with Gasteiger partial charge in [0.05, 0.1) is 17.2 Å². The first-order valence-corrected chi connectivity index (χ1v) is 14.1. The molecule has 4 aliphatic rings. The summed E-state index contributed by atoms with van der Waals surface area (Å²) in [6.07, 6.45) is 3.89. The lowest BCUT2D eigenvalue weighted by Gasteiger charge is -2.50. The smallest absolute Gasteiger partial charge is 0.255 e. The van der Waals surface area contributed by atoms with Crippen LogP contribution in [0.2, 0.25) is 0 Å². The monoisotopic (exact) mass is 579 g/mol. The van der Waals surface area contributed by atoms with E-state index in [-0.39, 0.29) is 35.3 Å². The first-order valence-electron chi connectivity index (χ1n) is 14.1. The zero-order chi connectivity index (χ0) is 30.9. The fourth-order valence-corrected chi connectivity index (χ4v) is 7.23. The molecule has 7 N–H and O–H groups in total. The molecule has 4 atom stereocenters. The molecule has 5 rings (SSSR count). The van der Waals surface area contributed by atoms with E-state index in [0.29, 0.717) is 24.1 Å². The number of aromatic hydroxyl groups is 1. The Hall–Kier alpha value is -3.85. The minimum absolute atomic E-state index is 0.00792. The summed E-state index contributed by atoms with van der Waals surface area (Å²) < 4.78 is 0. The highest BCUT2D eigenvalue weighted by molar-refractivity contribution is 6.24. The second-order valence-corrected chi connectivity index (χ2v) is 12.3. The number of fused-ring (bicyclic) bond motifs is 3. The number of rotatable bonds is 3. The second-order valence-electron chi connectivity index (χ2n) is 12.3. The number of carbonyl (C=O) groups is 3. The summed E-state index contributed by atoms with van der Waals surface area (Å²) in [4.78, 5) is 42.8. The van der Waals surface area contributed by atoms with Crippen molar-refractivity contribution in [1.29, 1.82) is 0 Å². The van der Waals surface area contributed by atoms with Gasteiger partial charge in [-0.3, -0.25) is 19.3 Å². The average Bonchev–Trinajstić information content (AvgIpc) is 2.90. The van der Waals surface area contributed by atoms with Gasteiger partial charge in [0, 0.05) is 31.3 Å². The normalized spacial score (nSPS) is 28.5. The fraction of sp³-hybridized carbons (Fsp3) is 0.516. The maximum Gasteiger partial charge on any atom is 0.255 e. The number of phenols is 1. The number of primary amides is 1. The Labute approximate surface area is 243 Å². The zero-order valence-electron chi connectivity index (χ0n) is 24.2. The van der Waals surface area contributed by atoms with Crippen LogP contribution >= 0.6 is 0 Å². The van der Waals surface area contributed by atoms with Crippen LogP contribution in [0, 0.1) is 23.7 Å². The van der Waals surface area contributed by atoms with Gasteiger partial charge in [0.1, 0.15) is 28.4 Å². The highest BCUT2D eigenvalue weighted by Gasteiger charge is 2.64. The Kier molecular flexibility index (Phi) is 7.16. The van der Waals surface area contributed by atoms with E-state index in [2.05, 4.69) is 11.8 Å². The van der Waals surface area contributed by atoms with Gasteiger partial charge in [-0.2, -0.15) is 0 Å². The molecule has 2 fully saturated rings. The van der Waals surface area contributed by atoms with Crippen molar-refractivity contribution in [3.63, 3.8) is 0 Å². The van der Waals surface area contributed by atoms with Gasteiger partial charge in [-0.25, -0.2) is 0 Å². The van der Waals surface area contributed by atoms with Gasteiger partial charge >= 0.3 is 0 Å². The molecule has 1 aromatic carbocycles. The minimum atomic E-state index is -2.70. The minimum Gasteiger partial charge on any atom is -0.508 e. The van der Waals surface area contributed by atoms with E-state index < -0.39 is 63.6 Å². The Morgan fingerprint density at radius 1 is 1.05 bits per heavy atom. The number of Topliss-reactive ketones (excluding diaryl/α,β-unsaturated/α-hetero) is 2. The van der Waals surface area contributed by atoms with Crippen molar-refractivity contribution in [2.45, 2.75) is 62.2 Å². The van der Waals surface area contributed by atoms with Crippen LogP contribution in [-0.4, -0.2) is 93.3 Å². The van der Waals surface area contributed by atoms with Gasteiger partial charge in [0.15, 0.2) is 11.4 Å². The number of amides is 1. The number of phenolic OH excluding ortho intramolecular Hbond substituents is 1. The number of anilines is 1. The van der Waals surface area contributed by atoms with E-state index in [1.165, 1.54) is 4.90 Å². The largest absolute Gasteiger partial charge is 0.508 e. The first kappa shape index (κ1) is 29.6. The Morgan fingerprint density at radius 3 is 2.26 bits per heavy atom. The molecule has 1 aromatic rings. The standard InChI is InChI=1S/C31H37N3O8/c1-33(2)19-14-15(8-11-30(41)9-6-5-7-10-30)24(35)21-17(19)12-16-13-18-23(34(3)4)26(37)22(29(32)40)28(39)31(18,42)27(38)20(16)25(21)36/h14,16,18,23,35-36,39,41-42H,5-7,9-10,12-13H2,1-4H3,(H2,32,40)/t16-,18-,23-,31-/m0/s1. The first-order chi connectivity index (χ1) is 19.6. The average molecular weight is 580 g/mol. The molecule has 42 heavy (non-hydrogen) atoms. The van der Waals surface area contributed by atoms with Crippen molar-refractivity contribution in [3.05, 3.63) is 39.7 Å². The highest BCUT2D eigenvalue weighted by atomic mass is 16.3. The molecule has 11 nitrogen and oxygen atoms in total. The molecule has 0 spiro atoms. The van der Waals surface area contributed by atoms with Gasteiger partial charge in [-0.15, -0.1) is 0 Å². The number of likely N-dealkylation sites (N-methyl/N-ethyl adjacent to an activating group) is 1. The quantitative estimate of drug-likeness (QED) is 0.224. The van der Waals surface area contributed by atoms with Crippen molar-refractivity contribution < 1.29 is 39.9 Å². The van der Waals surface area contributed by atoms with Gasteiger partial charge in [-0.1, -0.05) is 18.3 Å². The lowest BCUT2D eigenvalue weighted by molar-refractivity contribution is -0.153. The highest BCUT2D eigenvalue weighted by Crippen LogP contribution is 2.54. The summed E-state index contributed by atoms with van der Waals surface area (Å²) in [5.41, 5.74) is 1.71. The number of benzene rings is 1. The predicted octanol–water partition coefficient (Wildman–Crippen LogP) is 1.08. The third-order valence-corrected chi connectivity index (χ3v) is 9.29. The van der Waals surface area contributed by atoms with Crippen LogP contribution in [0.5, 0.6) is 5.75 Å². The van der Waals surface area contributed by atoms with Crippen molar-refractivity contribution in [3.8, 4) is 17.6 Å². The lowest BCUT2D eigenvalue weighted by atomic mass is 9.57. The number of hydrogen-bond acceptors (Lipinski definition) is 10. The maximum absolute atomic E-state index is 14.1. The van der Waals surface area contributed by atoms with E-state index in [9.17, 15) is 39.9 Å². The molecular formula is C31H37N3O8. The van der Waals surface area contributed by atoms with Crippen LogP contribution in [0.1, 0.15) is 55.2 Å². The SMILES string of the molecule is CN(C)c1cc(C#CC2(O)CCCCC2)c(O)c2c1C[C@H]1C[C@H]3[C@H](N(C)C)C(=O)C(C(N)=O)=C(O)[C@@]3(O)C(=O)C1=C2O. The summed E-state index contributed by atoms with van der Waals surface area (Å²) >= 11 is 0. The van der Waals surface area contributed by atoms with Crippen molar-refractivity contribution in [2.24, 2.45) is 17.6 Å². The number of ketones is 2. The number of aliphatic hydroxyl groups excluding tert-OH is 2. The summed E-state index contributed by atoms with van der Waals surface area (Å²) in [6.45, 7) is 0.